The molecule has 110 valence electrons. The number of nitrogens with one attached hydrogen (secondary N) is 1. The molecule has 0 atom stereocenters. The van der Waals surface area contributed by atoms with Crippen molar-refractivity contribution in [3.05, 3.63) is 63.0 Å². The van der Waals surface area contributed by atoms with Crippen LogP contribution in [-0.4, -0.2) is 10.0 Å². The Labute approximate surface area is 121 Å². The highest BCUT2D eigenvalue weighted by molar-refractivity contribution is 5.60. The zero-order chi connectivity index (χ0) is 15.6. The number of nitrogens with zero attached hydrogens (tertiary/aromatic N) is 1. The molecule has 0 radical (unpaired) electrons. The number of aromatic hydroxyl groups is 1. The predicted octanol–water partition coefficient (Wildman–Crippen LogP) is 3.67. The van der Waals surface area contributed by atoms with Crippen LogP contribution in [0.3, 0.4) is 0 Å². The first-order valence-corrected chi connectivity index (χ1v) is 6.35. The number of halogens is 1. The van der Waals surface area contributed by atoms with Crippen LogP contribution < -0.4 is 5.32 Å². The summed E-state index contributed by atoms with van der Waals surface area (Å²) in [6.45, 7) is 3.83. The molecule has 0 unspecified atom stereocenters. The summed E-state index contributed by atoms with van der Waals surface area (Å²) < 4.78 is 13.2. The topological polar surface area (TPSA) is 75.4 Å². The molecular weight excluding hydrogens is 275 g/mol. The van der Waals surface area contributed by atoms with Crippen molar-refractivity contribution in [1.82, 2.24) is 0 Å². The van der Waals surface area contributed by atoms with Crippen LogP contribution >= 0.6 is 0 Å². The van der Waals surface area contributed by atoms with Gasteiger partial charge in [-0.05, 0) is 43.2 Å². The Morgan fingerprint density at radius 3 is 2.57 bits per heavy atom. The molecule has 0 aliphatic rings. The lowest BCUT2D eigenvalue weighted by Gasteiger charge is -2.11. The van der Waals surface area contributed by atoms with Crippen LogP contribution in [0.5, 0.6) is 5.75 Å². The van der Waals surface area contributed by atoms with E-state index in [1.54, 1.807) is 19.1 Å². The minimum Gasteiger partial charge on any atom is -0.505 e. The van der Waals surface area contributed by atoms with Crippen molar-refractivity contribution < 1.29 is 14.4 Å². The standard InChI is InChI=1S/C15H15FN2O3/c1-9-5-10(2)14(18(20)21)7-13(9)17-8-11-3-4-15(19)12(16)6-11/h3-7,17,19H,8H2,1-2H3. The van der Waals surface area contributed by atoms with Gasteiger partial charge in [-0.25, -0.2) is 4.39 Å². The van der Waals surface area contributed by atoms with Crippen LogP contribution in [0.25, 0.3) is 0 Å². The molecule has 0 amide bonds. The summed E-state index contributed by atoms with van der Waals surface area (Å²) in [4.78, 5) is 10.5. The van der Waals surface area contributed by atoms with Gasteiger partial charge in [0.25, 0.3) is 5.69 Å². The molecule has 6 heteroatoms. The Kier molecular flexibility index (Phi) is 4.07. The molecule has 0 fully saturated rings. The van der Waals surface area contributed by atoms with E-state index in [0.29, 0.717) is 23.4 Å². The molecule has 0 saturated heterocycles. The molecule has 21 heavy (non-hydrogen) atoms. The Balaban J connectivity index is 2.21. The second-order valence-corrected chi connectivity index (χ2v) is 4.85. The second-order valence-electron chi connectivity index (χ2n) is 4.85. The number of phenols is 1. The lowest BCUT2D eigenvalue weighted by molar-refractivity contribution is -0.385. The van der Waals surface area contributed by atoms with Crippen molar-refractivity contribution in [2.75, 3.05) is 5.32 Å². The van der Waals surface area contributed by atoms with Gasteiger partial charge in [0.15, 0.2) is 11.6 Å². The fourth-order valence-corrected chi connectivity index (χ4v) is 2.09. The number of nitro groups is 1. The first kappa shape index (κ1) is 14.8. The molecule has 0 heterocycles. The highest BCUT2D eigenvalue weighted by Crippen LogP contribution is 2.27. The second kappa shape index (κ2) is 5.78. The van der Waals surface area contributed by atoms with Crippen molar-refractivity contribution in [1.29, 1.82) is 0 Å². The van der Waals surface area contributed by atoms with Crippen LogP contribution in [0.15, 0.2) is 30.3 Å². The minimum atomic E-state index is -0.694. The molecule has 2 aromatic carbocycles. The van der Waals surface area contributed by atoms with Crippen molar-refractivity contribution in [3.8, 4) is 5.75 Å². The lowest BCUT2D eigenvalue weighted by atomic mass is 10.1. The van der Waals surface area contributed by atoms with Gasteiger partial charge in [-0.3, -0.25) is 10.1 Å². The number of hydrogen-bond acceptors (Lipinski definition) is 4. The molecule has 2 aromatic rings. The van der Waals surface area contributed by atoms with Crippen LogP contribution in [-0.2, 0) is 6.54 Å². The fraction of sp³-hybridized carbons (Fsp3) is 0.200. The first-order valence-electron chi connectivity index (χ1n) is 6.35. The molecule has 0 spiro atoms. The molecular formula is C15H15FN2O3. The van der Waals surface area contributed by atoms with E-state index in [1.165, 1.54) is 18.2 Å². The Morgan fingerprint density at radius 1 is 1.24 bits per heavy atom. The number of hydrogen-bond donors (Lipinski definition) is 2. The van der Waals surface area contributed by atoms with Gasteiger partial charge in [0, 0.05) is 23.9 Å². The highest BCUT2D eigenvalue weighted by Gasteiger charge is 2.13. The van der Waals surface area contributed by atoms with Gasteiger partial charge in [-0.2, -0.15) is 0 Å². The van der Waals surface area contributed by atoms with Gasteiger partial charge >= 0.3 is 0 Å². The van der Waals surface area contributed by atoms with Crippen molar-refractivity contribution in [2.24, 2.45) is 0 Å². The molecule has 0 aliphatic carbocycles. The third kappa shape index (κ3) is 3.28. The van der Waals surface area contributed by atoms with Crippen molar-refractivity contribution >= 4 is 11.4 Å². The van der Waals surface area contributed by atoms with E-state index >= 15 is 0 Å². The number of anilines is 1. The monoisotopic (exact) mass is 290 g/mol. The zero-order valence-electron chi connectivity index (χ0n) is 11.7. The summed E-state index contributed by atoms with van der Waals surface area (Å²) in [5, 5.41) is 23.1. The average molecular weight is 290 g/mol. The average Bonchev–Trinajstić information content (AvgIpc) is 2.41. The Morgan fingerprint density at radius 2 is 1.95 bits per heavy atom. The van der Waals surface area contributed by atoms with Gasteiger partial charge in [0.2, 0.25) is 0 Å². The van der Waals surface area contributed by atoms with Crippen LogP contribution in [0.1, 0.15) is 16.7 Å². The fourth-order valence-electron chi connectivity index (χ4n) is 2.09. The maximum Gasteiger partial charge on any atom is 0.274 e. The predicted molar refractivity (Wildman–Crippen MR) is 78.0 cm³/mol. The summed E-state index contributed by atoms with van der Waals surface area (Å²) in [6.07, 6.45) is 0. The molecule has 5 nitrogen and oxygen atoms in total. The van der Waals surface area contributed by atoms with Crippen LogP contribution in [0.4, 0.5) is 15.8 Å². The first-order chi connectivity index (χ1) is 9.88. The van der Waals surface area contributed by atoms with Gasteiger partial charge < -0.3 is 10.4 Å². The van der Waals surface area contributed by atoms with E-state index in [-0.39, 0.29) is 5.69 Å². The number of rotatable bonds is 4. The summed E-state index contributed by atoms with van der Waals surface area (Å²) in [6, 6.07) is 7.29. The normalized spacial score (nSPS) is 10.4. The Bertz CT molecular complexity index is 702. The molecule has 0 aliphatic heterocycles. The molecule has 2 N–H and O–H groups in total. The molecule has 0 bridgehead atoms. The third-order valence-corrected chi connectivity index (χ3v) is 3.23. The van der Waals surface area contributed by atoms with Crippen LogP contribution in [0.2, 0.25) is 0 Å². The summed E-state index contributed by atoms with van der Waals surface area (Å²) in [5.74, 6) is -1.10. The molecule has 2 rings (SSSR count). The zero-order valence-corrected chi connectivity index (χ0v) is 11.7. The number of phenolic OH excluding ortho intramolecular Hbond substituents is 1. The van der Waals surface area contributed by atoms with E-state index < -0.39 is 16.5 Å². The SMILES string of the molecule is Cc1cc(C)c([N+](=O)[O-])cc1NCc1ccc(O)c(F)c1. The maximum absolute atomic E-state index is 13.2. The van der Waals surface area contributed by atoms with Crippen molar-refractivity contribution in [3.63, 3.8) is 0 Å². The highest BCUT2D eigenvalue weighted by atomic mass is 19.1. The summed E-state index contributed by atoms with van der Waals surface area (Å²) in [7, 11) is 0. The summed E-state index contributed by atoms with van der Waals surface area (Å²) in [5.41, 5.74) is 2.77. The van der Waals surface area contributed by atoms with Gasteiger partial charge in [0.05, 0.1) is 4.92 Å². The third-order valence-electron chi connectivity index (χ3n) is 3.23. The van der Waals surface area contributed by atoms with Gasteiger partial charge in [0.1, 0.15) is 0 Å². The van der Waals surface area contributed by atoms with Gasteiger partial charge in [-0.1, -0.05) is 6.07 Å². The Hall–Kier alpha value is -2.63. The van der Waals surface area contributed by atoms with E-state index in [1.807, 2.05) is 6.92 Å². The van der Waals surface area contributed by atoms with E-state index in [2.05, 4.69) is 5.32 Å². The largest absolute Gasteiger partial charge is 0.505 e. The number of nitro benzene ring substituents is 1. The van der Waals surface area contributed by atoms with Crippen LogP contribution in [0, 0.1) is 29.8 Å². The quantitative estimate of drug-likeness (QED) is 0.665. The van der Waals surface area contributed by atoms with Crippen molar-refractivity contribution in [2.45, 2.75) is 20.4 Å². The minimum absolute atomic E-state index is 0.0417. The molecule has 0 aromatic heterocycles. The maximum atomic E-state index is 13.2. The summed E-state index contributed by atoms with van der Waals surface area (Å²) >= 11 is 0. The molecule has 0 saturated carbocycles. The number of benzene rings is 2. The smallest absolute Gasteiger partial charge is 0.274 e. The van der Waals surface area contributed by atoms with E-state index in [0.717, 1.165) is 5.56 Å². The van der Waals surface area contributed by atoms with E-state index in [4.69, 9.17) is 5.11 Å². The lowest BCUT2D eigenvalue weighted by Crippen LogP contribution is -2.03. The van der Waals surface area contributed by atoms with E-state index in [9.17, 15) is 14.5 Å². The van der Waals surface area contributed by atoms with Gasteiger partial charge in [-0.15, -0.1) is 0 Å². The number of aryl methyl sites for hydroxylation is 2.